The Hall–Kier alpha value is -1.89. The van der Waals surface area contributed by atoms with Crippen molar-refractivity contribution in [2.24, 2.45) is 7.05 Å². The molecule has 7 nitrogen and oxygen atoms in total. The van der Waals surface area contributed by atoms with E-state index in [9.17, 15) is 0 Å². The Balaban J connectivity index is 1.73. The van der Waals surface area contributed by atoms with Crippen molar-refractivity contribution in [1.29, 1.82) is 0 Å². The van der Waals surface area contributed by atoms with Crippen LogP contribution >= 0.6 is 0 Å². The average Bonchev–Trinajstić information content (AvgIpc) is 2.95. The lowest BCUT2D eigenvalue weighted by Crippen LogP contribution is -2.22. The maximum Gasteiger partial charge on any atom is 0.216 e. The van der Waals surface area contributed by atoms with E-state index in [1.807, 2.05) is 14.0 Å². The molecule has 0 aromatic carbocycles. The second-order valence-electron chi connectivity index (χ2n) is 6.24. The Morgan fingerprint density at radius 1 is 1.26 bits per heavy atom. The van der Waals surface area contributed by atoms with Crippen LogP contribution in [0.1, 0.15) is 55.1 Å². The van der Waals surface area contributed by atoms with Gasteiger partial charge in [-0.3, -0.25) is 0 Å². The third kappa shape index (κ3) is 3.10. The maximum absolute atomic E-state index is 5.45. The van der Waals surface area contributed by atoms with Crippen molar-refractivity contribution in [3.63, 3.8) is 0 Å². The van der Waals surface area contributed by atoms with Crippen molar-refractivity contribution in [2.75, 3.05) is 7.11 Å². The first-order valence-electron chi connectivity index (χ1n) is 8.33. The van der Waals surface area contributed by atoms with Gasteiger partial charge in [-0.25, -0.2) is 4.68 Å². The van der Waals surface area contributed by atoms with Gasteiger partial charge in [-0.1, -0.05) is 6.42 Å². The number of hydrogen-bond acceptors (Lipinski definition) is 5. The summed E-state index contributed by atoms with van der Waals surface area (Å²) in [5, 5.41) is 16.8. The molecular formula is C16H26N6O. The highest BCUT2D eigenvalue weighted by molar-refractivity contribution is 5.30. The van der Waals surface area contributed by atoms with E-state index in [4.69, 9.17) is 4.74 Å². The monoisotopic (exact) mass is 318 g/mol. The minimum Gasteiger partial charge on any atom is -0.481 e. The predicted molar refractivity (Wildman–Crippen MR) is 87.3 cm³/mol. The number of methoxy groups -OCH3 is 1. The van der Waals surface area contributed by atoms with E-state index in [-0.39, 0.29) is 6.04 Å². The molecule has 1 aliphatic heterocycles. The molecule has 2 aromatic rings. The van der Waals surface area contributed by atoms with Crippen LogP contribution in [0.3, 0.4) is 0 Å². The third-order valence-corrected chi connectivity index (χ3v) is 4.59. The molecule has 0 saturated carbocycles. The number of fused-ring (bicyclic) bond motifs is 1. The third-order valence-electron chi connectivity index (χ3n) is 4.59. The molecular weight excluding hydrogens is 292 g/mol. The smallest absolute Gasteiger partial charge is 0.216 e. The molecule has 0 fully saturated rings. The molecule has 1 N–H and O–H groups in total. The molecule has 0 aliphatic carbocycles. The van der Waals surface area contributed by atoms with Crippen LogP contribution in [0.2, 0.25) is 0 Å². The zero-order valence-corrected chi connectivity index (χ0v) is 14.5. The van der Waals surface area contributed by atoms with Crippen LogP contribution in [0, 0.1) is 6.92 Å². The van der Waals surface area contributed by atoms with E-state index in [1.165, 1.54) is 19.3 Å². The van der Waals surface area contributed by atoms with Crippen LogP contribution in [0.5, 0.6) is 5.88 Å². The number of nitrogens with zero attached hydrogens (tertiary/aromatic N) is 5. The van der Waals surface area contributed by atoms with Gasteiger partial charge in [0.1, 0.15) is 11.6 Å². The summed E-state index contributed by atoms with van der Waals surface area (Å²) in [7, 11) is 3.58. The fraction of sp³-hybridized carbons (Fsp3) is 0.688. The highest BCUT2D eigenvalue weighted by Gasteiger charge is 2.20. The second-order valence-corrected chi connectivity index (χ2v) is 6.24. The van der Waals surface area contributed by atoms with Crippen LogP contribution in [0.4, 0.5) is 0 Å². The normalized spacial score (nSPS) is 16.0. The number of rotatable bonds is 5. The van der Waals surface area contributed by atoms with Gasteiger partial charge >= 0.3 is 0 Å². The second kappa shape index (κ2) is 6.70. The largest absolute Gasteiger partial charge is 0.481 e. The molecule has 2 aromatic heterocycles. The van der Waals surface area contributed by atoms with Crippen LogP contribution in [-0.2, 0) is 26.6 Å². The predicted octanol–water partition coefficient (Wildman–Crippen LogP) is 1.91. The Labute approximate surface area is 137 Å². The van der Waals surface area contributed by atoms with Gasteiger partial charge in [0.15, 0.2) is 0 Å². The number of hydrogen-bond donors (Lipinski definition) is 1. The molecule has 3 rings (SSSR count). The minimum absolute atomic E-state index is 0.138. The fourth-order valence-electron chi connectivity index (χ4n) is 3.31. The molecule has 0 bridgehead atoms. The Morgan fingerprint density at radius 3 is 2.87 bits per heavy atom. The van der Waals surface area contributed by atoms with Gasteiger partial charge in [0, 0.05) is 26.6 Å². The van der Waals surface area contributed by atoms with Gasteiger partial charge in [-0.15, -0.1) is 10.2 Å². The highest BCUT2D eigenvalue weighted by atomic mass is 16.5. The number of aromatic nitrogens is 5. The van der Waals surface area contributed by atoms with Crippen LogP contribution in [0.25, 0.3) is 0 Å². The Kier molecular flexibility index (Phi) is 4.66. The number of ether oxygens (including phenoxy) is 1. The van der Waals surface area contributed by atoms with E-state index in [0.717, 1.165) is 41.8 Å². The standard InChI is InChI=1S/C16H26N6O/c1-11-13(16(23-4)21(3)20-11)10-17-12(2)15-19-18-14-8-6-5-7-9-22(14)15/h12,17H,5-10H2,1-4H3. The van der Waals surface area contributed by atoms with Crippen molar-refractivity contribution in [2.45, 2.75) is 58.7 Å². The topological polar surface area (TPSA) is 69.8 Å². The lowest BCUT2D eigenvalue weighted by molar-refractivity contribution is 0.366. The summed E-state index contributed by atoms with van der Waals surface area (Å²) in [6.45, 7) is 5.87. The molecule has 1 aliphatic rings. The zero-order chi connectivity index (χ0) is 16.4. The minimum atomic E-state index is 0.138. The summed E-state index contributed by atoms with van der Waals surface area (Å²) in [6, 6.07) is 0.138. The van der Waals surface area contributed by atoms with Gasteiger partial charge in [0.25, 0.3) is 0 Å². The molecule has 0 amide bonds. The number of nitrogens with one attached hydrogen (secondary N) is 1. The van der Waals surface area contributed by atoms with Crippen molar-refractivity contribution in [1.82, 2.24) is 29.9 Å². The summed E-state index contributed by atoms with van der Waals surface area (Å²) in [6.07, 6.45) is 4.73. The molecule has 0 saturated heterocycles. The molecule has 126 valence electrons. The first kappa shape index (κ1) is 16.0. The fourth-order valence-corrected chi connectivity index (χ4v) is 3.31. The zero-order valence-electron chi connectivity index (χ0n) is 14.5. The molecule has 1 atom stereocenters. The highest BCUT2D eigenvalue weighted by Crippen LogP contribution is 2.23. The van der Waals surface area contributed by atoms with Crippen LogP contribution in [0.15, 0.2) is 0 Å². The van der Waals surface area contributed by atoms with E-state index in [1.54, 1.807) is 11.8 Å². The van der Waals surface area contributed by atoms with E-state index >= 15 is 0 Å². The SMILES string of the molecule is COc1c(CNC(C)c2nnc3n2CCCCC3)c(C)nn1C. The molecule has 1 unspecified atom stereocenters. The van der Waals surface area contributed by atoms with Gasteiger partial charge < -0.3 is 14.6 Å². The van der Waals surface area contributed by atoms with E-state index in [0.29, 0.717) is 6.54 Å². The van der Waals surface area contributed by atoms with Gasteiger partial charge in [0.2, 0.25) is 5.88 Å². The summed E-state index contributed by atoms with van der Waals surface area (Å²) in [5.74, 6) is 2.96. The molecule has 23 heavy (non-hydrogen) atoms. The molecule has 0 spiro atoms. The number of aryl methyl sites for hydroxylation is 3. The summed E-state index contributed by atoms with van der Waals surface area (Å²) < 4.78 is 9.52. The molecule has 3 heterocycles. The van der Waals surface area contributed by atoms with Crippen molar-refractivity contribution in [3.8, 4) is 5.88 Å². The van der Waals surface area contributed by atoms with E-state index in [2.05, 4.69) is 32.1 Å². The summed E-state index contributed by atoms with van der Waals surface area (Å²) in [4.78, 5) is 0. The first-order valence-corrected chi connectivity index (χ1v) is 8.33. The molecule has 0 radical (unpaired) electrons. The van der Waals surface area contributed by atoms with E-state index < -0.39 is 0 Å². The summed E-state index contributed by atoms with van der Waals surface area (Å²) in [5.41, 5.74) is 2.08. The van der Waals surface area contributed by atoms with Crippen molar-refractivity contribution in [3.05, 3.63) is 22.9 Å². The van der Waals surface area contributed by atoms with Crippen LogP contribution in [-0.4, -0.2) is 31.7 Å². The quantitative estimate of drug-likeness (QED) is 0.912. The van der Waals surface area contributed by atoms with Crippen LogP contribution < -0.4 is 10.1 Å². The van der Waals surface area contributed by atoms with Gasteiger partial charge in [-0.05, 0) is 26.7 Å². The lowest BCUT2D eigenvalue weighted by Gasteiger charge is -2.15. The Morgan fingerprint density at radius 2 is 2.09 bits per heavy atom. The van der Waals surface area contributed by atoms with Gasteiger partial charge in [0.05, 0.1) is 24.4 Å². The first-order chi connectivity index (χ1) is 11.1. The maximum atomic E-state index is 5.45. The van der Waals surface area contributed by atoms with Crippen molar-refractivity contribution >= 4 is 0 Å². The Bertz CT molecular complexity index is 674. The van der Waals surface area contributed by atoms with Crippen molar-refractivity contribution < 1.29 is 4.74 Å². The van der Waals surface area contributed by atoms with Gasteiger partial charge in [-0.2, -0.15) is 5.10 Å². The summed E-state index contributed by atoms with van der Waals surface area (Å²) >= 11 is 0. The lowest BCUT2D eigenvalue weighted by atomic mass is 10.2. The molecule has 7 heteroatoms. The average molecular weight is 318 g/mol.